The van der Waals surface area contributed by atoms with Gasteiger partial charge in [-0.1, -0.05) is 172 Å². The van der Waals surface area contributed by atoms with Crippen molar-refractivity contribution in [3.63, 3.8) is 0 Å². The number of nitrogens with zero attached hydrogens (tertiary/aromatic N) is 1. The minimum Gasteiger partial charge on any atom is -0.455 e. The topological polar surface area (TPSA) is 29.5 Å². The van der Waals surface area contributed by atoms with E-state index in [4.69, 9.17) is 8.83 Å². The molecule has 1 aliphatic carbocycles. The lowest BCUT2D eigenvalue weighted by Gasteiger charge is -2.28. The third kappa shape index (κ3) is 5.54. The fraction of sp³-hybridized carbons (Fsp3) is 0.0492. The molecule has 2 heterocycles. The third-order valence-electron chi connectivity index (χ3n) is 13.7. The molecule has 0 radical (unpaired) electrons. The molecule has 0 aliphatic heterocycles. The van der Waals surface area contributed by atoms with Crippen LogP contribution in [0.15, 0.2) is 221 Å². The van der Waals surface area contributed by atoms with E-state index in [9.17, 15) is 0 Å². The van der Waals surface area contributed by atoms with Crippen LogP contribution in [0, 0.1) is 0 Å². The molecule has 0 unspecified atom stereocenters. The molecule has 1 aliphatic rings. The average Bonchev–Trinajstić information content (AvgIpc) is 3.98. The van der Waals surface area contributed by atoms with E-state index in [2.05, 4.69) is 219 Å². The molecule has 10 aromatic carbocycles. The van der Waals surface area contributed by atoms with Gasteiger partial charge >= 0.3 is 0 Å². The molecule has 13 rings (SSSR count). The second-order valence-corrected chi connectivity index (χ2v) is 17.6. The molecule has 3 nitrogen and oxygen atoms in total. The molecule has 64 heavy (non-hydrogen) atoms. The Labute approximate surface area is 371 Å². The molecule has 302 valence electrons. The van der Waals surface area contributed by atoms with Crippen molar-refractivity contribution in [2.45, 2.75) is 19.3 Å². The highest BCUT2D eigenvalue weighted by atomic mass is 16.3. The Bertz CT molecular complexity index is 3800. The molecule has 0 fully saturated rings. The number of benzene rings is 10. The number of hydrogen-bond donors (Lipinski definition) is 0. The Morgan fingerprint density at radius 3 is 1.80 bits per heavy atom. The van der Waals surface area contributed by atoms with Crippen molar-refractivity contribution in [2.24, 2.45) is 0 Å². The lowest BCUT2D eigenvalue weighted by Crippen LogP contribution is -2.16. The highest BCUT2D eigenvalue weighted by molar-refractivity contribution is 6.19. The largest absolute Gasteiger partial charge is 0.455 e. The smallest absolute Gasteiger partial charge is 0.143 e. The fourth-order valence-corrected chi connectivity index (χ4v) is 10.5. The van der Waals surface area contributed by atoms with Gasteiger partial charge in [0.05, 0.1) is 0 Å². The number of furan rings is 2. The molecule has 0 saturated heterocycles. The Hall–Kier alpha value is -8.14. The summed E-state index contributed by atoms with van der Waals surface area (Å²) in [7, 11) is 0. The van der Waals surface area contributed by atoms with Gasteiger partial charge in [0, 0.05) is 55.1 Å². The van der Waals surface area contributed by atoms with E-state index in [1.54, 1.807) is 0 Å². The van der Waals surface area contributed by atoms with Crippen molar-refractivity contribution in [3.05, 3.63) is 223 Å². The predicted octanol–water partition coefficient (Wildman–Crippen LogP) is 17.4. The van der Waals surface area contributed by atoms with Crippen LogP contribution in [0.4, 0.5) is 17.1 Å². The van der Waals surface area contributed by atoms with Crippen LogP contribution in [0.5, 0.6) is 0 Å². The zero-order chi connectivity index (χ0) is 42.5. The van der Waals surface area contributed by atoms with Gasteiger partial charge in [-0.15, -0.1) is 0 Å². The van der Waals surface area contributed by atoms with Crippen LogP contribution in [0.2, 0.25) is 0 Å². The van der Waals surface area contributed by atoms with Gasteiger partial charge in [-0.25, -0.2) is 0 Å². The number of anilines is 3. The molecule has 3 heteroatoms. The molecule has 2 aromatic heterocycles. The van der Waals surface area contributed by atoms with Crippen molar-refractivity contribution in [3.8, 4) is 44.5 Å². The summed E-state index contributed by atoms with van der Waals surface area (Å²) in [5.41, 5.74) is 18.7. The molecule has 0 amide bonds. The molecule has 0 atom stereocenters. The Balaban J connectivity index is 0.982. The maximum Gasteiger partial charge on any atom is 0.143 e. The first-order chi connectivity index (χ1) is 31.5. The van der Waals surface area contributed by atoms with Crippen LogP contribution in [0.3, 0.4) is 0 Å². The Morgan fingerprint density at radius 1 is 0.344 bits per heavy atom. The van der Waals surface area contributed by atoms with Crippen molar-refractivity contribution >= 4 is 71.7 Å². The third-order valence-corrected chi connectivity index (χ3v) is 13.7. The highest BCUT2D eigenvalue weighted by Gasteiger charge is 2.36. The van der Waals surface area contributed by atoms with E-state index in [0.717, 1.165) is 83.2 Å². The summed E-state index contributed by atoms with van der Waals surface area (Å²) in [4.78, 5) is 2.40. The summed E-state index contributed by atoms with van der Waals surface area (Å²) in [6.07, 6.45) is 0. The summed E-state index contributed by atoms with van der Waals surface area (Å²) in [5, 5.41) is 6.78. The minimum absolute atomic E-state index is 0.149. The molecular weight excluding hydrogens is 779 g/mol. The summed E-state index contributed by atoms with van der Waals surface area (Å²) >= 11 is 0. The summed E-state index contributed by atoms with van der Waals surface area (Å²) in [6, 6.07) is 76.6. The van der Waals surface area contributed by atoms with E-state index in [1.165, 1.54) is 44.2 Å². The Morgan fingerprint density at radius 2 is 0.938 bits per heavy atom. The fourth-order valence-electron chi connectivity index (χ4n) is 10.5. The second kappa shape index (κ2) is 13.9. The molecule has 0 N–H and O–H groups in total. The molecule has 0 bridgehead atoms. The van der Waals surface area contributed by atoms with Gasteiger partial charge in [-0.3, -0.25) is 0 Å². The van der Waals surface area contributed by atoms with E-state index in [0.29, 0.717) is 0 Å². The van der Waals surface area contributed by atoms with Crippen LogP contribution in [-0.2, 0) is 5.41 Å². The van der Waals surface area contributed by atoms with E-state index in [1.807, 2.05) is 12.1 Å². The van der Waals surface area contributed by atoms with Gasteiger partial charge in [-0.05, 0) is 110 Å². The lowest BCUT2D eigenvalue weighted by molar-refractivity contribution is 0.660. The first kappa shape index (κ1) is 36.5. The summed E-state index contributed by atoms with van der Waals surface area (Å²) in [5.74, 6) is 0. The number of para-hydroxylation sites is 2. The van der Waals surface area contributed by atoms with Gasteiger partial charge in [-0.2, -0.15) is 0 Å². The van der Waals surface area contributed by atoms with E-state index >= 15 is 0 Å². The van der Waals surface area contributed by atoms with Crippen molar-refractivity contribution in [2.75, 3.05) is 4.90 Å². The molecular formula is C61H41NO2. The highest BCUT2D eigenvalue weighted by Crippen LogP contribution is 2.51. The van der Waals surface area contributed by atoms with Gasteiger partial charge < -0.3 is 13.7 Å². The number of rotatable bonds is 6. The zero-order valence-corrected chi connectivity index (χ0v) is 35.5. The summed E-state index contributed by atoms with van der Waals surface area (Å²) in [6.45, 7) is 4.69. The average molecular weight is 820 g/mol. The number of fused-ring (bicyclic) bond motifs is 10. The van der Waals surface area contributed by atoms with Crippen molar-refractivity contribution in [1.29, 1.82) is 0 Å². The first-order valence-electron chi connectivity index (χ1n) is 22.1. The van der Waals surface area contributed by atoms with Crippen molar-refractivity contribution in [1.82, 2.24) is 0 Å². The van der Waals surface area contributed by atoms with E-state index < -0.39 is 0 Å². The monoisotopic (exact) mass is 819 g/mol. The normalized spacial score (nSPS) is 13.0. The molecule has 0 spiro atoms. The zero-order valence-electron chi connectivity index (χ0n) is 35.5. The van der Waals surface area contributed by atoms with Crippen LogP contribution in [-0.4, -0.2) is 0 Å². The second-order valence-electron chi connectivity index (χ2n) is 17.6. The van der Waals surface area contributed by atoms with Crippen molar-refractivity contribution < 1.29 is 8.83 Å². The maximum absolute atomic E-state index is 6.93. The quantitative estimate of drug-likeness (QED) is 0.167. The standard InChI is InChI=1S/C61H41NO2/c1-61(2)54-21-10-8-17-48(54)49-33-31-45(37-55(49)61)62(43-29-27-40(28-30-43)47-19-12-20-51-50-18-9-11-22-56(50)63-59(47)51)44-32-34-57-52(36-44)53-35-42-15-6-7-16-46(42)58(60(53)64-57)41-25-23-39(24-26-41)38-13-4-3-5-14-38/h3-37H,1-2H3. The van der Waals surface area contributed by atoms with Crippen LogP contribution in [0.25, 0.3) is 99.2 Å². The van der Waals surface area contributed by atoms with Crippen LogP contribution < -0.4 is 4.90 Å². The van der Waals surface area contributed by atoms with Gasteiger partial charge in [0.25, 0.3) is 0 Å². The summed E-state index contributed by atoms with van der Waals surface area (Å²) < 4.78 is 13.4. The van der Waals surface area contributed by atoms with Crippen LogP contribution in [0.1, 0.15) is 25.0 Å². The molecule has 0 saturated carbocycles. The number of hydrogen-bond acceptors (Lipinski definition) is 3. The SMILES string of the molecule is CC1(C)c2ccccc2-c2ccc(N(c3ccc(-c4cccc5c4oc4ccccc45)cc3)c3ccc4oc5c(-c6ccc(-c7ccccc7)cc6)c6ccccc6cc5c4c3)cc21. The maximum atomic E-state index is 6.93. The van der Waals surface area contributed by atoms with Crippen LogP contribution >= 0.6 is 0 Å². The predicted molar refractivity (Wildman–Crippen MR) is 267 cm³/mol. The minimum atomic E-state index is -0.149. The molecule has 12 aromatic rings. The van der Waals surface area contributed by atoms with Gasteiger partial charge in [0.2, 0.25) is 0 Å². The van der Waals surface area contributed by atoms with Gasteiger partial charge in [0.1, 0.15) is 22.3 Å². The van der Waals surface area contributed by atoms with E-state index in [-0.39, 0.29) is 5.41 Å². The first-order valence-corrected chi connectivity index (χ1v) is 22.1. The lowest BCUT2D eigenvalue weighted by atomic mass is 9.82. The Kier molecular flexibility index (Phi) is 7.95. The van der Waals surface area contributed by atoms with Gasteiger partial charge in [0.15, 0.2) is 0 Å².